The van der Waals surface area contributed by atoms with Gasteiger partial charge in [0, 0.05) is 31.3 Å². The third-order valence-electron chi connectivity index (χ3n) is 4.98. The van der Waals surface area contributed by atoms with Crippen molar-refractivity contribution in [2.24, 2.45) is 0 Å². The summed E-state index contributed by atoms with van der Waals surface area (Å²) in [6, 6.07) is 9.48. The number of rotatable bonds is 6. The molecule has 8 nitrogen and oxygen atoms in total. The highest BCUT2D eigenvalue weighted by Crippen LogP contribution is 2.14. The zero-order chi connectivity index (χ0) is 21.8. The number of carbonyl (C=O) groups is 1. The van der Waals surface area contributed by atoms with Gasteiger partial charge in [-0.2, -0.15) is 0 Å². The Labute approximate surface area is 179 Å². The standard InChI is InChI=1S/C23H22N6O2/c1-16-7-9-28(14-19-13-25-17(2)11-26-19)23(31)21(16)22(30)27-12-18-5-3-4-6-20(18)29-10-8-24-15-29/h3-11,13,15H,12,14H2,1-2H3,(H,27,30). The van der Waals surface area contributed by atoms with Gasteiger partial charge in [-0.15, -0.1) is 0 Å². The lowest BCUT2D eigenvalue weighted by Crippen LogP contribution is -2.34. The van der Waals surface area contributed by atoms with Gasteiger partial charge in [-0.3, -0.25) is 19.6 Å². The van der Waals surface area contributed by atoms with E-state index in [4.69, 9.17) is 0 Å². The van der Waals surface area contributed by atoms with E-state index in [2.05, 4.69) is 20.3 Å². The molecule has 0 aliphatic heterocycles. The maximum atomic E-state index is 13.0. The van der Waals surface area contributed by atoms with Gasteiger partial charge in [0.1, 0.15) is 5.56 Å². The Morgan fingerprint density at radius 2 is 1.90 bits per heavy atom. The molecule has 0 bridgehead atoms. The van der Waals surface area contributed by atoms with Gasteiger partial charge < -0.3 is 14.5 Å². The maximum absolute atomic E-state index is 13.0. The molecule has 0 atom stereocenters. The Balaban J connectivity index is 1.55. The van der Waals surface area contributed by atoms with Crippen LogP contribution in [0.5, 0.6) is 0 Å². The number of pyridine rings is 1. The summed E-state index contributed by atoms with van der Waals surface area (Å²) in [5.74, 6) is -0.410. The number of imidazole rings is 1. The molecule has 3 aromatic heterocycles. The van der Waals surface area contributed by atoms with E-state index in [1.54, 1.807) is 44.1 Å². The van der Waals surface area contributed by atoms with Crippen LogP contribution in [0.15, 0.2) is 72.4 Å². The molecule has 0 unspecified atom stereocenters. The number of hydrogen-bond acceptors (Lipinski definition) is 5. The van der Waals surface area contributed by atoms with E-state index in [-0.39, 0.29) is 24.2 Å². The molecule has 0 saturated heterocycles. The summed E-state index contributed by atoms with van der Waals surface area (Å²) in [6.07, 6.45) is 10.2. The molecule has 0 spiro atoms. The van der Waals surface area contributed by atoms with E-state index >= 15 is 0 Å². The Hall–Kier alpha value is -4.07. The minimum atomic E-state index is -0.410. The minimum absolute atomic E-state index is 0.127. The van der Waals surface area contributed by atoms with Crippen molar-refractivity contribution in [3.05, 3.63) is 106 Å². The molecule has 4 aromatic rings. The Kier molecular flexibility index (Phi) is 5.70. The highest BCUT2D eigenvalue weighted by molar-refractivity contribution is 5.95. The predicted octanol–water partition coefficient (Wildman–Crippen LogP) is 2.42. The highest BCUT2D eigenvalue weighted by atomic mass is 16.2. The summed E-state index contributed by atoms with van der Waals surface area (Å²) in [5, 5.41) is 2.88. The summed E-state index contributed by atoms with van der Waals surface area (Å²) in [6.45, 7) is 4.13. The first kappa shape index (κ1) is 20.2. The van der Waals surface area contributed by atoms with E-state index in [9.17, 15) is 9.59 Å². The van der Waals surface area contributed by atoms with Gasteiger partial charge in [0.25, 0.3) is 11.5 Å². The number of nitrogens with zero attached hydrogens (tertiary/aromatic N) is 5. The smallest absolute Gasteiger partial charge is 0.264 e. The third kappa shape index (κ3) is 4.42. The van der Waals surface area contributed by atoms with Crippen LogP contribution in [-0.2, 0) is 13.1 Å². The molecule has 156 valence electrons. The van der Waals surface area contributed by atoms with Gasteiger partial charge in [0.05, 0.1) is 36.1 Å². The lowest BCUT2D eigenvalue weighted by atomic mass is 10.1. The van der Waals surface area contributed by atoms with Gasteiger partial charge in [-0.1, -0.05) is 18.2 Å². The van der Waals surface area contributed by atoms with Crippen LogP contribution in [0, 0.1) is 13.8 Å². The summed E-state index contributed by atoms with van der Waals surface area (Å²) < 4.78 is 3.35. The van der Waals surface area contributed by atoms with Crippen molar-refractivity contribution in [2.45, 2.75) is 26.9 Å². The van der Waals surface area contributed by atoms with Crippen LogP contribution in [0.25, 0.3) is 5.69 Å². The van der Waals surface area contributed by atoms with E-state index in [0.717, 1.165) is 16.9 Å². The monoisotopic (exact) mass is 414 g/mol. The Bertz CT molecular complexity index is 1260. The van der Waals surface area contributed by atoms with E-state index < -0.39 is 5.91 Å². The second-order valence-electron chi connectivity index (χ2n) is 7.24. The van der Waals surface area contributed by atoms with Crippen molar-refractivity contribution in [1.29, 1.82) is 0 Å². The zero-order valence-corrected chi connectivity index (χ0v) is 17.3. The molecule has 1 aromatic carbocycles. The molecule has 0 aliphatic rings. The van der Waals surface area contributed by atoms with Crippen molar-refractivity contribution in [3.8, 4) is 5.69 Å². The summed E-state index contributed by atoms with van der Waals surface area (Å²) in [4.78, 5) is 38.5. The number of nitrogens with one attached hydrogen (secondary N) is 1. The SMILES string of the molecule is Cc1cnc(Cn2ccc(C)c(C(=O)NCc3ccccc3-n3ccnc3)c2=O)cn1. The summed E-state index contributed by atoms with van der Waals surface area (Å²) in [5.41, 5.74) is 3.67. The molecule has 8 heteroatoms. The predicted molar refractivity (Wildman–Crippen MR) is 116 cm³/mol. The molecule has 3 heterocycles. The number of amides is 1. The topological polar surface area (TPSA) is 94.7 Å². The number of aromatic nitrogens is 5. The fourth-order valence-corrected chi connectivity index (χ4v) is 3.32. The first-order valence-electron chi connectivity index (χ1n) is 9.85. The van der Waals surface area contributed by atoms with Crippen LogP contribution in [-0.4, -0.2) is 30.0 Å². The summed E-state index contributed by atoms with van der Waals surface area (Å²) >= 11 is 0. The largest absolute Gasteiger partial charge is 0.348 e. The van der Waals surface area contributed by atoms with Crippen LogP contribution in [0.3, 0.4) is 0 Å². The number of para-hydroxylation sites is 1. The van der Waals surface area contributed by atoms with Crippen LogP contribution < -0.4 is 10.9 Å². The second kappa shape index (κ2) is 8.74. The fraction of sp³-hybridized carbons (Fsp3) is 0.174. The molecule has 31 heavy (non-hydrogen) atoms. The van der Waals surface area contributed by atoms with Crippen LogP contribution in [0.4, 0.5) is 0 Å². The van der Waals surface area contributed by atoms with Gasteiger partial charge in [0.15, 0.2) is 0 Å². The second-order valence-corrected chi connectivity index (χ2v) is 7.24. The Morgan fingerprint density at radius 1 is 1.06 bits per heavy atom. The molecule has 0 fully saturated rings. The molecule has 1 N–H and O–H groups in total. The Morgan fingerprint density at radius 3 is 2.65 bits per heavy atom. The first-order valence-corrected chi connectivity index (χ1v) is 9.85. The number of carbonyl (C=O) groups excluding carboxylic acids is 1. The highest BCUT2D eigenvalue weighted by Gasteiger charge is 2.16. The molecule has 1 amide bonds. The molecule has 0 radical (unpaired) electrons. The lowest BCUT2D eigenvalue weighted by molar-refractivity contribution is 0.0948. The van der Waals surface area contributed by atoms with Gasteiger partial charge in [-0.25, -0.2) is 4.98 Å². The number of benzene rings is 1. The lowest BCUT2D eigenvalue weighted by Gasteiger charge is -2.13. The average molecular weight is 414 g/mol. The van der Waals surface area contributed by atoms with Gasteiger partial charge in [0.2, 0.25) is 0 Å². The molecule has 0 saturated carbocycles. The molecular formula is C23H22N6O2. The minimum Gasteiger partial charge on any atom is -0.348 e. The van der Waals surface area contributed by atoms with Gasteiger partial charge in [-0.05, 0) is 37.1 Å². The number of hydrogen-bond donors (Lipinski definition) is 1. The molecular weight excluding hydrogens is 392 g/mol. The molecule has 4 rings (SSSR count). The fourth-order valence-electron chi connectivity index (χ4n) is 3.32. The molecule has 0 aliphatic carbocycles. The van der Waals surface area contributed by atoms with Crippen molar-refractivity contribution >= 4 is 5.91 Å². The van der Waals surface area contributed by atoms with Gasteiger partial charge >= 0.3 is 0 Å². The van der Waals surface area contributed by atoms with Crippen molar-refractivity contribution in [3.63, 3.8) is 0 Å². The van der Waals surface area contributed by atoms with E-state index in [1.807, 2.05) is 42.0 Å². The van der Waals surface area contributed by atoms with E-state index in [0.29, 0.717) is 11.3 Å². The third-order valence-corrected chi connectivity index (χ3v) is 4.98. The average Bonchev–Trinajstić information content (AvgIpc) is 3.31. The first-order chi connectivity index (χ1) is 15.0. The van der Waals surface area contributed by atoms with Crippen molar-refractivity contribution in [2.75, 3.05) is 0 Å². The van der Waals surface area contributed by atoms with Crippen LogP contribution in [0.1, 0.15) is 32.9 Å². The zero-order valence-electron chi connectivity index (χ0n) is 17.3. The quantitative estimate of drug-likeness (QED) is 0.523. The van der Waals surface area contributed by atoms with Crippen molar-refractivity contribution < 1.29 is 4.79 Å². The van der Waals surface area contributed by atoms with Crippen LogP contribution in [0.2, 0.25) is 0 Å². The van der Waals surface area contributed by atoms with Crippen LogP contribution >= 0.6 is 0 Å². The van der Waals surface area contributed by atoms with Crippen molar-refractivity contribution in [1.82, 2.24) is 29.4 Å². The maximum Gasteiger partial charge on any atom is 0.264 e. The van der Waals surface area contributed by atoms with E-state index in [1.165, 1.54) is 4.57 Å². The normalized spacial score (nSPS) is 10.8. The number of aryl methyl sites for hydroxylation is 2. The summed E-state index contributed by atoms with van der Waals surface area (Å²) in [7, 11) is 0.